The first-order valence-electron chi connectivity index (χ1n) is 16.2. The summed E-state index contributed by atoms with van der Waals surface area (Å²) in [5.74, 6) is -1.85. The molecule has 6 rings (SSSR count). The van der Waals surface area contributed by atoms with Crippen LogP contribution in [0.1, 0.15) is 48.4 Å². The molecule has 3 aliphatic heterocycles. The fourth-order valence-electron chi connectivity index (χ4n) is 6.95. The molecule has 3 heterocycles. The number of benzene rings is 3. The van der Waals surface area contributed by atoms with Gasteiger partial charge in [0.15, 0.2) is 5.60 Å². The maximum absolute atomic E-state index is 14.1. The third-order valence-corrected chi connectivity index (χ3v) is 9.64. The number of rotatable bonds is 10. The van der Waals surface area contributed by atoms with Crippen LogP contribution in [0.4, 0.5) is 17.1 Å². The molecule has 12 heteroatoms. The summed E-state index contributed by atoms with van der Waals surface area (Å²) in [5.41, 5.74) is 1.42. The summed E-state index contributed by atoms with van der Waals surface area (Å²) in [4.78, 5) is 54.2. The summed E-state index contributed by atoms with van der Waals surface area (Å²) in [5, 5.41) is 39.8. The molecule has 4 atom stereocenters. The van der Waals surface area contributed by atoms with E-state index in [-0.39, 0.29) is 54.7 Å². The first-order valence-corrected chi connectivity index (χ1v) is 16.2. The lowest BCUT2D eigenvalue weighted by atomic mass is 9.82. The minimum Gasteiger partial charge on any atom is -0.394 e. The Labute approximate surface area is 278 Å². The van der Waals surface area contributed by atoms with Gasteiger partial charge >= 0.3 is 0 Å². The highest BCUT2D eigenvalue weighted by Crippen LogP contribution is 2.47. The van der Waals surface area contributed by atoms with Gasteiger partial charge in [-0.15, -0.1) is 0 Å². The lowest BCUT2D eigenvalue weighted by molar-refractivity contribution is -0.385. The summed E-state index contributed by atoms with van der Waals surface area (Å²) >= 11 is 0. The molecule has 0 spiro atoms. The van der Waals surface area contributed by atoms with Crippen molar-refractivity contribution in [1.82, 2.24) is 10.2 Å². The number of non-ortho nitro benzene ring substituents is 1. The Morgan fingerprint density at radius 1 is 1.15 bits per heavy atom. The number of nitro benzene ring substituents is 1. The number of hydrogen-bond donors (Lipinski definition) is 4. The van der Waals surface area contributed by atoms with Crippen molar-refractivity contribution < 1.29 is 29.5 Å². The molecular formula is C36H39N5O7. The van der Waals surface area contributed by atoms with E-state index in [4.69, 9.17) is 0 Å². The molecule has 1 fully saturated rings. The van der Waals surface area contributed by atoms with E-state index in [0.717, 1.165) is 30.5 Å². The Hall–Kier alpha value is -4.91. The van der Waals surface area contributed by atoms with Gasteiger partial charge in [-0.2, -0.15) is 0 Å². The normalized spacial score (nSPS) is 22.4. The first kappa shape index (κ1) is 33.0. The highest BCUT2D eigenvalue weighted by molar-refractivity contribution is 6.07. The molecule has 0 saturated carbocycles. The van der Waals surface area contributed by atoms with E-state index in [0.29, 0.717) is 29.9 Å². The maximum atomic E-state index is 14.1. The summed E-state index contributed by atoms with van der Waals surface area (Å²) in [6.07, 6.45) is 5.39. The molecule has 0 radical (unpaired) electrons. The van der Waals surface area contributed by atoms with E-state index in [1.165, 1.54) is 23.1 Å². The van der Waals surface area contributed by atoms with Crippen LogP contribution in [0.5, 0.6) is 0 Å². The number of aliphatic hydroxyl groups excluding tert-OH is 1. The average Bonchev–Trinajstić information content (AvgIpc) is 3.71. The highest BCUT2D eigenvalue weighted by Gasteiger charge is 2.53. The molecule has 12 nitrogen and oxygen atoms in total. The molecule has 48 heavy (non-hydrogen) atoms. The molecule has 0 aromatic heterocycles. The molecule has 4 N–H and O–H groups in total. The fraction of sp³-hybridized carbons (Fsp3) is 0.361. The first-order chi connectivity index (χ1) is 23.1. The number of aliphatic hydroxyl groups is 2. The standard InChI is InChI=1S/C36H39N5O7/c1-23(7-4-13-33(43)39-21-26-10-3-2-9-25(26)18-29(39)22-42)36(46)30-19-28(41(47)48)14-15-32(30)40(35(36)45)20-24-8-5-11-27(17-24)38-34(44)31-12-6-16-37-31/h2-5,7-11,14-15,17,19,23,29,31,37,42,46H,6,12-13,16,18,20-22H2,1H3,(H,38,44)/b7-4+/t23-,29-,31+,36+/m0/s1. The number of nitrogens with one attached hydrogen (secondary N) is 2. The molecule has 250 valence electrons. The zero-order chi connectivity index (χ0) is 34.0. The smallest absolute Gasteiger partial charge is 0.269 e. The van der Waals surface area contributed by atoms with Gasteiger partial charge in [0.25, 0.3) is 11.6 Å². The van der Waals surface area contributed by atoms with Gasteiger partial charge in [-0.1, -0.05) is 55.5 Å². The Morgan fingerprint density at radius 3 is 2.67 bits per heavy atom. The number of carbonyl (C=O) groups excluding carboxylic acids is 3. The van der Waals surface area contributed by atoms with Gasteiger partial charge in [0.1, 0.15) is 0 Å². The van der Waals surface area contributed by atoms with Gasteiger partial charge < -0.3 is 30.6 Å². The Kier molecular flexibility index (Phi) is 9.40. The second-order valence-corrected chi connectivity index (χ2v) is 12.7. The van der Waals surface area contributed by atoms with Crippen molar-refractivity contribution in [3.8, 4) is 0 Å². The van der Waals surface area contributed by atoms with E-state index < -0.39 is 22.3 Å². The Bertz CT molecular complexity index is 1770. The minimum atomic E-state index is -2.14. The van der Waals surface area contributed by atoms with Crippen LogP contribution in [0, 0.1) is 16.0 Å². The second kappa shape index (κ2) is 13.7. The lowest BCUT2D eigenvalue weighted by Gasteiger charge is -2.36. The number of amides is 3. The molecular weight excluding hydrogens is 614 g/mol. The SMILES string of the molecule is C[C@@H](/C=C/CC(=O)N1Cc2ccccc2C[C@H]1CO)[C@]1(O)C(=O)N(Cc2cccc(NC(=O)[C@H]3CCCN3)c2)c2ccc([N+](=O)[O-])cc21. The van der Waals surface area contributed by atoms with Crippen molar-refractivity contribution in [1.29, 1.82) is 0 Å². The van der Waals surface area contributed by atoms with Crippen molar-refractivity contribution in [2.24, 2.45) is 5.92 Å². The molecule has 3 aliphatic rings. The third-order valence-electron chi connectivity index (χ3n) is 9.64. The minimum absolute atomic E-state index is 0.0202. The lowest BCUT2D eigenvalue weighted by Crippen LogP contribution is -2.46. The van der Waals surface area contributed by atoms with E-state index in [1.54, 1.807) is 48.2 Å². The van der Waals surface area contributed by atoms with E-state index in [9.17, 15) is 34.7 Å². The zero-order valence-electron chi connectivity index (χ0n) is 26.7. The molecule has 0 aliphatic carbocycles. The Balaban J connectivity index is 1.21. The molecule has 3 amide bonds. The van der Waals surface area contributed by atoms with Crippen LogP contribution >= 0.6 is 0 Å². The maximum Gasteiger partial charge on any atom is 0.269 e. The quantitative estimate of drug-likeness (QED) is 0.147. The van der Waals surface area contributed by atoms with Crippen LogP contribution in [-0.4, -0.2) is 63.0 Å². The van der Waals surface area contributed by atoms with Crippen LogP contribution in [-0.2, 0) is 39.5 Å². The van der Waals surface area contributed by atoms with Crippen molar-refractivity contribution in [3.63, 3.8) is 0 Å². The van der Waals surface area contributed by atoms with Crippen molar-refractivity contribution in [2.75, 3.05) is 23.4 Å². The van der Waals surface area contributed by atoms with Crippen LogP contribution in [0.3, 0.4) is 0 Å². The van der Waals surface area contributed by atoms with Crippen LogP contribution in [0.25, 0.3) is 0 Å². The van der Waals surface area contributed by atoms with Gasteiger partial charge in [-0.05, 0) is 60.7 Å². The fourth-order valence-corrected chi connectivity index (χ4v) is 6.95. The predicted octanol–water partition coefficient (Wildman–Crippen LogP) is 3.55. The summed E-state index contributed by atoms with van der Waals surface area (Å²) in [6.45, 7) is 2.67. The van der Waals surface area contributed by atoms with Gasteiger partial charge in [0, 0.05) is 42.3 Å². The van der Waals surface area contributed by atoms with Crippen LogP contribution < -0.4 is 15.5 Å². The van der Waals surface area contributed by atoms with Crippen LogP contribution in [0.2, 0.25) is 0 Å². The van der Waals surface area contributed by atoms with Crippen molar-refractivity contribution >= 4 is 34.8 Å². The summed E-state index contributed by atoms with van der Waals surface area (Å²) in [6, 6.07) is 18.3. The number of nitro groups is 1. The number of hydrogen-bond acceptors (Lipinski definition) is 8. The van der Waals surface area contributed by atoms with Gasteiger partial charge in [0.05, 0.1) is 35.8 Å². The number of fused-ring (bicyclic) bond motifs is 2. The second-order valence-electron chi connectivity index (χ2n) is 12.7. The van der Waals surface area contributed by atoms with Gasteiger partial charge in [-0.3, -0.25) is 24.5 Å². The van der Waals surface area contributed by atoms with Crippen LogP contribution in [0.15, 0.2) is 78.9 Å². The summed E-state index contributed by atoms with van der Waals surface area (Å²) in [7, 11) is 0. The highest BCUT2D eigenvalue weighted by atomic mass is 16.6. The average molecular weight is 654 g/mol. The number of anilines is 2. The monoisotopic (exact) mass is 653 g/mol. The topological polar surface area (TPSA) is 165 Å². The van der Waals surface area contributed by atoms with Crippen molar-refractivity contribution in [2.45, 2.75) is 63.4 Å². The molecule has 1 saturated heterocycles. The largest absolute Gasteiger partial charge is 0.394 e. The Morgan fingerprint density at radius 2 is 1.94 bits per heavy atom. The molecule has 3 aromatic rings. The number of carbonyl (C=O) groups is 3. The predicted molar refractivity (Wildman–Crippen MR) is 179 cm³/mol. The summed E-state index contributed by atoms with van der Waals surface area (Å²) < 4.78 is 0. The molecule has 0 bridgehead atoms. The van der Waals surface area contributed by atoms with E-state index in [1.807, 2.05) is 24.3 Å². The third kappa shape index (κ3) is 6.34. The number of nitrogens with zero attached hydrogens (tertiary/aromatic N) is 3. The van der Waals surface area contributed by atoms with E-state index in [2.05, 4.69) is 10.6 Å². The van der Waals surface area contributed by atoms with Crippen molar-refractivity contribution in [3.05, 3.63) is 111 Å². The molecule has 3 aromatic carbocycles. The molecule has 0 unspecified atom stereocenters. The van der Waals surface area contributed by atoms with E-state index >= 15 is 0 Å². The van der Waals surface area contributed by atoms with Gasteiger partial charge in [0.2, 0.25) is 11.8 Å². The zero-order valence-corrected chi connectivity index (χ0v) is 26.7. The van der Waals surface area contributed by atoms with Gasteiger partial charge in [-0.25, -0.2) is 0 Å².